The van der Waals surface area contributed by atoms with E-state index in [9.17, 15) is 14.4 Å². The molecule has 0 aromatic rings. The van der Waals surface area contributed by atoms with Crippen LogP contribution in [0.4, 0.5) is 0 Å². The van der Waals surface area contributed by atoms with Crippen LogP contribution in [0.25, 0.3) is 0 Å². The fraction of sp³-hybridized carbons (Fsp3) is 0.786. The van der Waals surface area contributed by atoms with E-state index in [0.717, 1.165) is 12.8 Å². The summed E-state index contributed by atoms with van der Waals surface area (Å²) in [6, 6.07) is 0. The average Bonchev–Trinajstić information content (AvgIpc) is 2.35. The number of carbonyl (C=O) groups is 3. The molecule has 0 fully saturated rings. The molecule has 0 heterocycles. The van der Waals surface area contributed by atoms with Crippen molar-refractivity contribution in [2.24, 2.45) is 0 Å². The van der Waals surface area contributed by atoms with E-state index in [4.69, 9.17) is 5.11 Å². The van der Waals surface area contributed by atoms with Gasteiger partial charge in [0.25, 0.3) is 0 Å². The van der Waals surface area contributed by atoms with E-state index in [0.29, 0.717) is 13.1 Å². The Morgan fingerprint density at radius 3 is 1.95 bits per heavy atom. The van der Waals surface area contributed by atoms with E-state index < -0.39 is 17.4 Å². The standard InChI is InChI=1S/C14H26N2O4/c1-5-9-16(10-6-2)12(18)8-7-11(17)15-14(3,4)13(19)20/h5-10H2,1-4H3,(H,15,17)(H,19,20). The summed E-state index contributed by atoms with van der Waals surface area (Å²) >= 11 is 0. The largest absolute Gasteiger partial charge is 0.480 e. The van der Waals surface area contributed by atoms with Crippen molar-refractivity contribution in [2.45, 2.75) is 58.9 Å². The number of nitrogens with zero attached hydrogens (tertiary/aromatic N) is 1. The van der Waals surface area contributed by atoms with Gasteiger partial charge in [-0.15, -0.1) is 0 Å². The van der Waals surface area contributed by atoms with Crippen molar-refractivity contribution in [3.8, 4) is 0 Å². The van der Waals surface area contributed by atoms with Crippen molar-refractivity contribution in [1.29, 1.82) is 0 Å². The molecule has 2 amide bonds. The molecular formula is C14H26N2O4. The smallest absolute Gasteiger partial charge is 0.328 e. The molecule has 0 unspecified atom stereocenters. The Hall–Kier alpha value is -1.59. The molecule has 0 saturated heterocycles. The lowest BCUT2D eigenvalue weighted by Gasteiger charge is -2.23. The first-order chi connectivity index (χ1) is 9.24. The van der Waals surface area contributed by atoms with Gasteiger partial charge in [0.1, 0.15) is 5.54 Å². The Kier molecular flexibility index (Phi) is 7.87. The SMILES string of the molecule is CCCN(CCC)C(=O)CCC(=O)NC(C)(C)C(=O)O. The molecule has 0 radical (unpaired) electrons. The van der Waals surface area contributed by atoms with Crippen molar-refractivity contribution in [2.75, 3.05) is 13.1 Å². The highest BCUT2D eigenvalue weighted by molar-refractivity contribution is 5.88. The van der Waals surface area contributed by atoms with Crippen LogP contribution in [-0.4, -0.2) is 46.4 Å². The zero-order valence-electron chi connectivity index (χ0n) is 12.9. The summed E-state index contributed by atoms with van der Waals surface area (Å²) < 4.78 is 0. The third-order valence-electron chi connectivity index (χ3n) is 2.89. The Bertz CT molecular complexity index is 347. The number of hydrogen-bond donors (Lipinski definition) is 2. The fourth-order valence-electron chi connectivity index (χ4n) is 1.74. The quantitative estimate of drug-likeness (QED) is 0.670. The number of rotatable bonds is 9. The maximum Gasteiger partial charge on any atom is 0.328 e. The van der Waals surface area contributed by atoms with E-state index >= 15 is 0 Å². The first-order valence-corrected chi connectivity index (χ1v) is 7.06. The zero-order valence-corrected chi connectivity index (χ0v) is 12.9. The predicted octanol–water partition coefficient (Wildman–Crippen LogP) is 1.39. The third kappa shape index (κ3) is 6.54. The highest BCUT2D eigenvalue weighted by Crippen LogP contribution is 2.05. The van der Waals surface area contributed by atoms with Crippen molar-refractivity contribution in [1.82, 2.24) is 10.2 Å². The molecule has 2 N–H and O–H groups in total. The van der Waals surface area contributed by atoms with E-state index in [1.54, 1.807) is 4.90 Å². The summed E-state index contributed by atoms with van der Waals surface area (Å²) in [6.45, 7) is 8.20. The number of carboxylic acids is 1. The minimum Gasteiger partial charge on any atom is -0.480 e. The lowest BCUT2D eigenvalue weighted by Crippen LogP contribution is -2.49. The molecule has 0 aliphatic heterocycles. The molecule has 0 spiro atoms. The van der Waals surface area contributed by atoms with Crippen molar-refractivity contribution < 1.29 is 19.5 Å². The molecule has 0 saturated carbocycles. The van der Waals surface area contributed by atoms with Crippen LogP contribution in [0.15, 0.2) is 0 Å². The van der Waals surface area contributed by atoms with Crippen LogP contribution < -0.4 is 5.32 Å². The average molecular weight is 286 g/mol. The number of aliphatic carboxylic acids is 1. The number of amides is 2. The third-order valence-corrected chi connectivity index (χ3v) is 2.89. The number of hydrogen-bond acceptors (Lipinski definition) is 3. The second-order valence-electron chi connectivity index (χ2n) is 5.36. The molecule has 0 bridgehead atoms. The van der Waals surface area contributed by atoms with Crippen LogP contribution in [0.1, 0.15) is 53.4 Å². The molecule has 0 aromatic heterocycles. The van der Waals surface area contributed by atoms with E-state index in [-0.39, 0.29) is 18.7 Å². The Balaban J connectivity index is 4.29. The van der Waals surface area contributed by atoms with Gasteiger partial charge in [0, 0.05) is 25.9 Å². The fourth-order valence-corrected chi connectivity index (χ4v) is 1.74. The van der Waals surface area contributed by atoms with Gasteiger partial charge >= 0.3 is 5.97 Å². The van der Waals surface area contributed by atoms with E-state index in [2.05, 4.69) is 5.32 Å². The molecule has 116 valence electrons. The number of nitrogens with one attached hydrogen (secondary N) is 1. The summed E-state index contributed by atoms with van der Waals surface area (Å²) in [7, 11) is 0. The lowest BCUT2D eigenvalue weighted by molar-refractivity contribution is -0.146. The molecule has 6 nitrogen and oxygen atoms in total. The highest BCUT2D eigenvalue weighted by Gasteiger charge is 2.28. The summed E-state index contributed by atoms with van der Waals surface area (Å²) in [5.41, 5.74) is -1.31. The summed E-state index contributed by atoms with van der Waals surface area (Å²) in [4.78, 5) is 36.2. The summed E-state index contributed by atoms with van der Waals surface area (Å²) in [6.07, 6.45) is 1.88. The maximum absolute atomic E-state index is 12.0. The molecule has 0 aliphatic rings. The Labute approximate surface area is 120 Å². The molecule has 0 atom stereocenters. The van der Waals surface area contributed by atoms with Crippen LogP contribution in [0.5, 0.6) is 0 Å². The van der Waals surface area contributed by atoms with Gasteiger partial charge in [0.2, 0.25) is 11.8 Å². The lowest BCUT2D eigenvalue weighted by atomic mass is 10.1. The second-order valence-corrected chi connectivity index (χ2v) is 5.36. The van der Waals surface area contributed by atoms with Gasteiger partial charge in [-0.25, -0.2) is 4.79 Å². The molecule has 0 aliphatic carbocycles. The summed E-state index contributed by atoms with van der Waals surface area (Å²) in [5, 5.41) is 11.3. The first kappa shape index (κ1) is 18.4. The first-order valence-electron chi connectivity index (χ1n) is 7.06. The maximum atomic E-state index is 12.0. The predicted molar refractivity (Wildman–Crippen MR) is 76.3 cm³/mol. The number of carbonyl (C=O) groups excluding carboxylic acids is 2. The van der Waals surface area contributed by atoms with E-state index in [1.165, 1.54) is 13.8 Å². The molecule has 0 rings (SSSR count). The minimum absolute atomic E-state index is 0.0134. The van der Waals surface area contributed by atoms with Crippen LogP contribution in [0.2, 0.25) is 0 Å². The summed E-state index contributed by atoms with van der Waals surface area (Å²) in [5.74, 6) is -1.58. The second kappa shape index (κ2) is 8.55. The van der Waals surface area contributed by atoms with Crippen molar-refractivity contribution in [3.05, 3.63) is 0 Å². The van der Waals surface area contributed by atoms with Crippen LogP contribution >= 0.6 is 0 Å². The molecule has 0 aromatic carbocycles. The van der Waals surface area contributed by atoms with Crippen LogP contribution in [0, 0.1) is 0 Å². The van der Waals surface area contributed by atoms with Gasteiger partial charge in [0.15, 0.2) is 0 Å². The zero-order chi connectivity index (χ0) is 15.8. The topological polar surface area (TPSA) is 86.7 Å². The normalized spacial score (nSPS) is 11.0. The molecule has 6 heteroatoms. The minimum atomic E-state index is -1.31. The monoisotopic (exact) mass is 286 g/mol. The molecule has 20 heavy (non-hydrogen) atoms. The van der Waals surface area contributed by atoms with Gasteiger partial charge in [0.05, 0.1) is 0 Å². The van der Waals surface area contributed by atoms with Gasteiger partial charge in [-0.05, 0) is 26.7 Å². The van der Waals surface area contributed by atoms with Crippen molar-refractivity contribution >= 4 is 17.8 Å². The number of carboxylic acid groups (broad SMARTS) is 1. The van der Waals surface area contributed by atoms with Crippen LogP contribution in [0.3, 0.4) is 0 Å². The van der Waals surface area contributed by atoms with Gasteiger partial charge in [-0.2, -0.15) is 0 Å². The molecular weight excluding hydrogens is 260 g/mol. The van der Waals surface area contributed by atoms with Gasteiger partial charge in [-0.1, -0.05) is 13.8 Å². The highest BCUT2D eigenvalue weighted by atomic mass is 16.4. The van der Waals surface area contributed by atoms with Gasteiger partial charge < -0.3 is 15.3 Å². The van der Waals surface area contributed by atoms with Gasteiger partial charge in [-0.3, -0.25) is 9.59 Å². The Morgan fingerprint density at radius 1 is 1.05 bits per heavy atom. The van der Waals surface area contributed by atoms with E-state index in [1.807, 2.05) is 13.8 Å². The Morgan fingerprint density at radius 2 is 1.55 bits per heavy atom. The van der Waals surface area contributed by atoms with Crippen molar-refractivity contribution in [3.63, 3.8) is 0 Å². The van der Waals surface area contributed by atoms with Crippen LogP contribution in [-0.2, 0) is 14.4 Å².